The van der Waals surface area contributed by atoms with Crippen LogP contribution >= 0.6 is 27.5 Å². The zero-order chi connectivity index (χ0) is 10.6. The van der Waals surface area contributed by atoms with Crippen LogP contribution in [0.2, 0.25) is 5.02 Å². The van der Waals surface area contributed by atoms with Gasteiger partial charge in [0.1, 0.15) is 0 Å². The molecule has 0 saturated heterocycles. The number of nitrogens with zero attached hydrogens (tertiary/aromatic N) is 1. The third-order valence-corrected chi connectivity index (χ3v) is 2.58. The van der Waals surface area contributed by atoms with Gasteiger partial charge in [-0.05, 0) is 40.5 Å². The molecule has 0 aliphatic rings. The van der Waals surface area contributed by atoms with Crippen molar-refractivity contribution in [3.8, 4) is 0 Å². The highest BCUT2D eigenvalue weighted by Gasteiger charge is 2.00. The summed E-state index contributed by atoms with van der Waals surface area (Å²) in [4.78, 5) is 4.27. The van der Waals surface area contributed by atoms with E-state index in [9.17, 15) is 0 Å². The molecule has 0 spiro atoms. The third kappa shape index (κ3) is 3.31. The van der Waals surface area contributed by atoms with Crippen molar-refractivity contribution in [2.45, 2.75) is 19.8 Å². The average Bonchev–Trinajstić information content (AvgIpc) is 2.12. The molecule has 0 bridgehead atoms. The second-order valence-electron chi connectivity index (χ2n) is 2.95. The predicted octanol–water partition coefficient (Wildman–Crippen LogP) is 3.89. The van der Waals surface area contributed by atoms with Crippen LogP contribution in [0.3, 0.4) is 0 Å². The first kappa shape index (κ1) is 11.5. The lowest BCUT2D eigenvalue weighted by Crippen LogP contribution is -2.09. The fourth-order valence-corrected chi connectivity index (χ4v) is 1.54. The fourth-order valence-electron chi connectivity index (χ4n) is 1.04. The van der Waals surface area contributed by atoms with Gasteiger partial charge in [0.25, 0.3) is 0 Å². The lowest BCUT2D eigenvalue weighted by atomic mass is 10.3. The molecule has 0 aliphatic heterocycles. The van der Waals surface area contributed by atoms with Gasteiger partial charge in [-0.3, -0.25) is 0 Å². The SMILES string of the molecule is CCCC(N)=Nc1cc(Cl)ccc1Br. The minimum Gasteiger partial charge on any atom is -0.387 e. The Morgan fingerprint density at radius 3 is 2.93 bits per heavy atom. The van der Waals surface area contributed by atoms with Crippen LogP contribution < -0.4 is 5.73 Å². The maximum atomic E-state index is 5.85. The van der Waals surface area contributed by atoms with Crippen LogP contribution in [0.25, 0.3) is 0 Å². The standard InChI is InChI=1S/C10H12BrClN2/c1-2-3-10(13)14-9-6-7(12)4-5-8(9)11/h4-6H,2-3H2,1H3,(H2,13,14). The smallest absolute Gasteiger partial charge is 0.0996 e. The maximum Gasteiger partial charge on any atom is 0.0996 e. The molecule has 0 amide bonds. The number of rotatable bonds is 3. The van der Waals surface area contributed by atoms with Gasteiger partial charge in [0, 0.05) is 15.9 Å². The van der Waals surface area contributed by atoms with E-state index in [4.69, 9.17) is 17.3 Å². The topological polar surface area (TPSA) is 38.4 Å². The van der Waals surface area contributed by atoms with E-state index in [1.807, 2.05) is 6.07 Å². The Balaban J connectivity index is 2.95. The van der Waals surface area contributed by atoms with Gasteiger partial charge in [0.05, 0.1) is 11.5 Å². The van der Waals surface area contributed by atoms with Crippen molar-refractivity contribution in [1.29, 1.82) is 0 Å². The quantitative estimate of drug-likeness (QED) is 0.659. The van der Waals surface area contributed by atoms with Crippen molar-refractivity contribution < 1.29 is 0 Å². The molecule has 0 aromatic heterocycles. The van der Waals surface area contributed by atoms with Crippen LogP contribution in [-0.2, 0) is 0 Å². The number of amidine groups is 1. The molecule has 14 heavy (non-hydrogen) atoms. The van der Waals surface area contributed by atoms with Crippen molar-refractivity contribution in [3.63, 3.8) is 0 Å². The fraction of sp³-hybridized carbons (Fsp3) is 0.300. The van der Waals surface area contributed by atoms with Crippen LogP contribution in [-0.4, -0.2) is 5.84 Å². The molecule has 0 radical (unpaired) electrons. The van der Waals surface area contributed by atoms with Gasteiger partial charge >= 0.3 is 0 Å². The van der Waals surface area contributed by atoms with E-state index in [2.05, 4.69) is 27.8 Å². The summed E-state index contributed by atoms with van der Waals surface area (Å²) in [5, 5.41) is 0.663. The highest BCUT2D eigenvalue weighted by atomic mass is 79.9. The number of benzene rings is 1. The molecule has 0 saturated carbocycles. The molecule has 0 atom stereocenters. The second kappa shape index (κ2) is 5.37. The first-order chi connectivity index (χ1) is 6.63. The summed E-state index contributed by atoms with van der Waals surface area (Å²) in [7, 11) is 0. The summed E-state index contributed by atoms with van der Waals surface area (Å²) in [5.41, 5.74) is 6.50. The van der Waals surface area contributed by atoms with Crippen LogP contribution in [0.1, 0.15) is 19.8 Å². The van der Waals surface area contributed by atoms with Crippen molar-refractivity contribution in [3.05, 3.63) is 27.7 Å². The lowest BCUT2D eigenvalue weighted by molar-refractivity contribution is 0.983. The summed E-state index contributed by atoms with van der Waals surface area (Å²) in [6.07, 6.45) is 1.80. The number of hydrogen-bond donors (Lipinski definition) is 1. The summed E-state index contributed by atoms with van der Waals surface area (Å²) >= 11 is 9.24. The van der Waals surface area contributed by atoms with Gasteiger partial charge in [-0.25, -0.2) is 4.99 Å². The van der Waals surface area contributed by atoms with Gasteiger partial charge in [-0.1, -0.05) is 18.5 Å². The molecule has 0 fully saturated rings. The molecule has 0 heterocycles. The Bertz CT molecular complexity index is 350. The Kier molecular flexibility index (Phi) is 4.42. The summed E-state index contributed by atoms with van der Waals surface area (Å²) in [5.74, 6) is 0.635. The molecule has 2 N–H and O–H groups in total. The zero-order valence-electron chi connectivity index (χ0n) is 7.93. The molecular formula is C10H12BrClN2. The number of hydrogen-bond acceptors (Lipinski definition) is 1. The van der Waals surface area contributed by atoms with Gasteiger partial charge in [0.2, 0.25) is 0 Å². The van der Waals surface area contributed by atoms with E-state index >= 15 is 0 Å². The number of nitrogens with two attached hydrogens (primary N) is 1. The van der Waals surface area contributed by atoms with Crippen molar-refractivity contribution in [1.82, 2.24) is 0 Å². The van der Waals surface area contributed by atoms with Gasteiger partial charge in [0.15, 0.2) is 0 Å². The summed E-state index contributed by atoms with van der Waals surface area (Å²) in [6.45, 7) is 2.06. The monoisotopic (exact) mass is 274 g/mol. The van der Waals surface area contributed by atoms with Crippen LogP contribution in [0.5, 0.6) is 0 Å². The first-order valence-corrected chi connectivity index (χ1v) is 5.58. The highest BCUT2D eigenvalue weighted by molar-refractivity contribution is 9.10. The van der Waals surface area contributed by atoms with Crippen molar-refractivity contribution in [2.24, 2.45) is 10.7 Å². The van der Waals surface area contributed by atoms with E-state index in [0.29, 0.717) is 10.9 Å². The summed E-state index contributed by atoms with van der Waals surface area (Å²) < 4.78 is 0.904. The largest absolute Gasteiger partial charge is 0.387 e. The van der Waals surface area contributed by atoms with E-state index < -0.39 is 0 Å². The van der Waals surface area contributed by atoms with E-state index in [1.54, 1.807) is 12.1 Å². The molecule has 1 aromatic rings. The molecule has 0 unspecified atom stereocenters. The van der Waals surface area contributed by atoms with E-state index in [-0.39, 0.29) is 0 Å². The Morgan fingerprint density at radius 1 is 1.57 bits per heavy atom. The van der Waals surface area contributed by atoms with E-state index in [1.165, 1.54) is 0 Å². The molecular weight excluding hydrogens is 263 g/mol. The first-order valence-electron chi connectivity index (χ1n) is 4.41. The summed E-state index contributed by atoms with van der Waals surface area (Å²) in [6, 6.07) is 5.45. The van der Waals surface area contributed by atoms with Crippen molar-refractivity contribution in [2.75, 3.05) is 0 Å². The number of aliphatic imine (C=N–C) groups is 1. The second-order valence-corrected chi connectivity index (χ2v) is 4.24. The lowest BCUT2D eigenvalue weighted by Gasteiger charge is -2.01. The minimum atomic E-state index is 0.635. The molecule has 76 valence electrons. The molecule has 0 aliphatic carbocycles. The van der Waals surface area contributed by atoms with Crippen LogP contribution in [0.15, 0.2) is 27.7 Å². The van der Waals surface area contributed by atoms with E-state index in [0.717, 1.165) is 23.0 Å². The zero-order valence-corrected chi connectivity index (χ0v) is 10.3. The normalized spacial score (nSPS) is 11.8. The Morgan fingerprint density at radius 2 is 2.29 bits per heavy atom. The predicted molar refractivity (Wildman–Crippen MR) is 65.3 cm³/mol. The van der Waals surface area contributed by atoms with Gasteiger partial charge in [-0.2, -0.15) is 0 Å². The molecule has 4 heteroatoms. The Labute approximate surface area is 97.3 Å². The third-order valence-electron chi connectivity index (χ3n) is 1.68. The van der Waals surface area contributed by atoms with Crippen LogP contribution in [0, 0.1) is 0 Å². The molecule has 1 rings (SSSR count). The van der Waals surface area contributed by atoms with Crippen LogP contribution in [0.4, 0.5) is 5.69 Å². The average molecular weight is 276 g/mol. The highest BCUT2D eigenvalue weighted by Crippen LogP contribution is 2.28. The van der Waals surface area contributed by atoms with Gasteiger partial charge in [-0.15, -0.1) is 0 Å². The molecule has 1 aromatic carbocycles. The number of halogens is 2. The maximum absolute atomic E-state index is 5.85. The molecule has 2 nitrogen and oxygen atoms in total. The Hall–Kier alpha value is -0.540. The minimum absolute atomic E-state index is 0.635. The van der Waals surface area contributed by atoms with Crippen molar-refractivity contribution >= 4 is 39.1 Å². The van der Waals surface area contributed by atoms with Gasteiger partial charge < -0.3 is 5.73 Å².